The first-order valence-corrected chi connectivity index (χ1v) is 8.58. The lowest BCUT2D eigenvalue weighted by Crippen LogP contribution is -2.13. The molecule has 2 N–H and O–H groups in total. The lowest BCUT2D eigenvalue weighted by molar-refractivity contribution is 0.608. The van der Waals surface area contributed by atoms with Crippen molar-refractivity contribution in [2.75, 3.05) is 7.05 Å². The van der Waals surface area contributed by atoms with Gasteiger partial charge in [-0.25, -0.2) is 18.7 Å². The zero-order valence-electron chi connectivity index (χ0n) is 14.3. The Kier molecular flexibility index (Phi) is 6.81. The Morgan fingerprint density at radius 3 is 2.81 bits per heavy atom. The molecule has 0 bridgehead atoms. The fourth-order valence-corrected chi connectivity index (χ4v) is 2.96. The van der Waals surface area contributed by atoms with Crippen LogP contribution in [-0.4, -0.2) is 27.4 Å². The quantitative estimate of drug-likeness (QED) is 0.639. The number of hydrogen-bond acceptors (Lipinski definition) is 5. The van der Waals surface area contributed by atoms with E-state index in [1.807, 2.05) is 13.0 Å². The van der Waals surface area contributed by atoms with Gasteiger partial charge in [-0.3, -0.25) is 4.99 Å². The molecule has 0 fully saturated rings. The molecule has 0 radical (unpaired) electrons. The molecule has 1 heterocycles. The predicted octanol–water partition coefficient (Wildman–Crippen LogP) is 3.56. The van der Waals surface area contributed by atoms with Gasteiger partial charge in [0.05, 0.1) is 12.4 Å². The van der Waals surface area contributed by atoms with Gasteiger partial charge in [-0.15, -0.1) is 0 Å². The molecule has 2 aromatic rings. The number of thioether (sulfide) groups is 1. The van der Waals surface area contributed by atoms with Gasteiger partial charge in [-0.05, 0) is 35.8 Å². The van der Waals surface area contributed by atoms with E-state index < -0.39 is 5.83 Å². The van der Waals surface area contributed by atoms with Gasteiger partial charge in [0.25, 0.3) is 0 Å². The highest BCUT2D eigenvalue weighted by atomic mass is 32.2. The van der Waals surface area contributed by atoms with Gasteiger partial charge in [0.2, 0.25) is 0 Å². The number of nitriles is 1. The maximum Gasteiger partial charge on any atom is 0.158 e. The summed E-state index contributed by atoms with van der Waals surface area (Å²) in [5, 5.41) is 9.13. The third-order valence-corrected chi connectivity index (χ3v) is 4.42. The number of hydrogen-bond donors (Lipinski definition) is 1. The highest BCUT2D eigenvalue weighted by Gasteiger charge is 2.11. The molecule has 134 valence electrons. The van der Waals surface area contributed by atoms with Crippen LogP contribution < -0.4 is 5.73 Å². The Bertz CT molecular complexity index is 872. The summed E-state index contributed by atoms with van der Waals surface area (Å²) in [6, 6.07) is 6.18. The second kappa shape index (κ2) is 9.06. The average molecular weight is 373 g/mol. The van der Waals surface area contributed by atoms with Crippen LogP contribution >= 0.6 is 11.8 Å². The molecular formula is C18H17F2N5S. The molecule has 0 saturated carbocycles. The molecule has 26 heavy (non-hydrogen) atoms. The maximum absolute atomic E-state index is 14.3. The summed E-state index contributed by atoms with van der Waals surface area (Å²) >= 11 is 1.35. The van der Waals surface area contributed by atoms with E-state index >= 15 is 0 Å². The van der Waals surface area contributed by atoms with Crippen LogP contribution in [0.2, 0.25) is 0 Å². The van der Waals surface area contributed by atoms with Crippen LogP contribution in [0.5, 0.6) is 0 Å². The fourth-order valence-electron chi connectivity index (χ4n) is 2.18. The monoisotopic (exact) mass is 373 g/mol. The highest BCUT2D eigenvalue weighted by Crippen LogP contribution is 2.22. The molecule has 0 saturated heterocycles. The van der Waals surface area contributed by atoms with E-state index in [0.29, 0.717) is 22.7 Å². The van der Waals surface area contributed by atoms with Crippen molar-refractivity contribution in [3.05, 3.63) is 58.9 Å². The van der Waals surface area contributed by atoms with Crippen molar-refractivity contribution >= 4 is 28.8 Å². The van der Waals surface area contributed by atoms with Crippen LogP contribution in [0.4, 0.5) is 8.78 Å². The van der Waals surface area contributed by atoms with Crippen molar-refractivity contribution in [1.29, 1.82) is 5.26 Å². The number of aromatic nitrogens is 2. The van der Waals surface area contributed by atoms with Crippen LogP contribution in [0.3, 0.4) is 0 Å². The van der Waals surface area contributed by atoms with Crippen molar-refractivity contribution in [2.45, 2.75) is 18.6 Å². The van der Waals surface area contributed by atoms with Gasteiger partial charge in [0.1, 0.15) is 17.6 Å². The third-order valence-electron chi connectivity index (χ3n) is 3.42. The van der Waals surface area contributed by atoms with Crippen molar-refractivity contribution in [3.63, 3.8) is 0 Å². The maximum atomic E-state index is 14.3. The minimum atomic E-state index is -0.621. The summed E-state index contributed by atoms with van der Waals surface area (Å²) in [5.41, 5.74) is 6.74. The molecule has 5 nitrogen and oxygen atoms in total. The number of halogens is 2. The standard InChI is InChI=1S/C18H17F2N5S/c1-11(26-18(22)23-2)5-13-6-12(3-4-15(13)19)7-16(20)17-10-24-14(8-21)9-25-17/h3-4,6-7,9-11H,5H2,1-2H3,(H2,22,23)/b16-7-. The number of nitrogens with two attached hydrogens (primary N) is 1. The topological polar surface area (TPSA) is 88.0 Å². The first kappa shape index (κ1) is 19.5. The predicted molar refractivity (Wildman–Crippen MR) is 100 cm³/mol. The van der Waals surface area contributed by atoms with E-state index in [0.717, 1.165) is 0 Å². The van der Waals surface area contributed by atoms with Gasteiger partial charge in [-0.1, -0.05) is 24.8 Å². The van der Waals surface area contributed by atoms with Crippen LogP contribution in [-0.2, 0) is 6.42 Å². The Labute approximate surface area is 154 Å². The Hall–Kier alpha value is -2.79. The largest absolute Gasteiger partial charge is 0.379 e. The van der Waals surface area contributed by atoms with E-state index in [-0.39, 0.29) is 22.5 Å². The summed E-state index contributed by atoms with van der Waals surface area (Å²) < 4.78 is 28.4. The first-order valence-electron chi connectivity index (χ1n) is 7.70. The van der Waals surface area contributed by atoms with E-state index in [1.54, 1.807) is 13.1 Å². The van der Waals surface area contributed by atoms with Gasteiger partial charge in [0, 0.05) is 12.3 Å². The van der Waals surface area contributed by atoms with Gasteiger partial charge in [-0.2, -0.15) is 5.26 Å². The lowest BCUT2D eigenvalue weighted by Gasteiger charge is -2.11. The Morgan fingerprint density at radius 2 is 2.19 bits per heavy atom. The minimum Gasteiger partial charge on any atom is -0.379 e. The molecule has 8 heteroatoms. The molecule has 2 rings (SSSR count). The van der Waals surface area contributed by atoms with Gasteiger partial charge >= 0.3 is 0 Å². The Balaban J connectivity index is 2.20. The summed E-state index contributed by atoms with van der Waals surface area (Å²) in [7, 11) is 1.59. The van der Waals surface area contributed by atoms with Crippen LogP contribution in [0, 0.1) is 17.1 Å². The van der Waals surface area contributed by atoms with E-state index in [9.17, 15) is 8.78 Å². The lowest BCUT2D eigenvalue weighted by atomic mass is 10.1. The number of benzene rings is 1. The second-order valence-corrected chi connectivity index (χ2v) is 6.89. The molecule has 1 unspecified atom stereocenters. The van der Waals surface area contributed by atoms with Gasteiger partial charge < -0.3 is 5.73 Å². The van der Waals surface area contributed by atoms with Crippen LogP contribution in [0.1, 0.15) is 29.4 Å². The van der Waals surface area contributed by atoms with E-state index in [1.165, 1.54) is 42.4 Å². The molecule has 0 aliphatic carbocycles. The summed E-state index contributed by atoms with van der Waals surface area (Å²) in [6.07, 6.45) is 4.04. The minimum absolute atomic E-state index is 0.00531. The van der Waals surface area contributed by atoms with Crippen molar-refractivity contribution < 1.29 is 8.78 Å². The third kappa shape index (κ3) is 5.36. The van der Waals surface area contributed by atoms with Crippen LogP contribution in [0.15, 0.2) is 35.6 Å². The zero-order chi connectivity index (χ0) is 19.1. The molecule has 1 atom stereocenters. The SMILES string of the molecule is CN=C(N)SC(C)Cc1cc(/C=C(\F)c2cnc(C#N)cn2)ccc1F. The molecule has 0 spiro atoms. The fraction of sp³-hybridized carbons (Fsp3) is 0.222. The van der Waals surface area contributed by atoms with E-state index in [4.69, 9.17) is 11.0 Å². The Morgan fingerprint density at radius 1 is 1.42 bits per heavy atom. The number of aliphatic imine (C=N–C) groups is 1. The normalized spacial score (nSPS) is 13.3. The molecule has 0 aliphatic rings. The number of amidine groups is 1. The van der Waals surface area contributed by atoms with Crippen molar-refractivity contribution in [3.8, 4) is 6.07 Å². The zero-order valence-corrected chi connectivity index (χ0v) is 15.1. The molecule has 0 amide bonds. The first-order chi connectivity index (χ1) is 12.4. The molecule has 1 aromatic heterocycles. The summed E-state index contributed by atoms with van der Waals surface area (Å²) in [4.78, 5) is 11.5. The molecule has 1 aromatic carbocycles. The number of nitrogens with zero attached hydrogens (tertiary/aromatic N) is 4. The second-order valence-electron chi connectivity index (χ2n) is 5.44. The molecule has 0 aliphatic heterocycles. The van der Waals surface area contributed by atoms with Crippen molar-refractivity contribution in [2.24, 2.45) is 10.7 Å². The van der Waals surface area contributed by atoms with Gasteiger partial charge in [0.15, 0.2) is 16.7 Å². The highest BCUT2D eigenvalue weighted by molar-refractivity contribution is 8.14. The smallest absolute Gasteiger partial charge is 0.158 e. The summed E-state index contributed by atoms with van der Waals surface area (Å²) in [6.45, 7) is 1.91. The number of rotatable bonds is 5. The van der Waals surface area contributed by atoms with Crippen LogP contribution in [0.25, 0.3) is 11.9 Å². The summed E-state index contributed by atoms with van der Waals surface area (Å²) in [5.74, 6) is -0.982. The van der Waals surface area contributed by atoms with Crippen molar-refractivity contribution in [1.82, 2.24) is 9.97 Å². The average Bonchev–Trinajstić information content (AvgIpc) is 2.64. The molecular weight excluding hydrogens is 356 g/mol. The van der Waals surface area contributed by atoms with E-state index in [2.05, 4.69) is 15.0 Å².